The molecule has 1 aliphatic heterocycles. The largest absolute Gasteiger partial charge is 0.495 e. The Morgan fingerprint density at radius 3 is 2.46 bits per heavy atom. The van der Waals surface area contributed by atoms with Gasteiger partial charge in [-0.2, -0.15) is 13.2 Å². The number of carbonyl (C=O) groups is 1. The van der Waals surface area contributed by atoms with Crippen LogP contribution in [-0.2, 0) is 17.5 Å². The van der Waals surface area contributed by atoms with E-state index in [1.807, 2.05) is 0 Å². The Morgan fingerprint density at radius 2 is 2.00 bits per heavy atom. The van der Waals surface area contributed by atoms with Crippen LogP contribution in [0.3, 0.4) is 0 Å². The molecular weight excluding hydrogens is 375 g/mol. The molecule has 0 aliphatic carbocycles. The van der Waals surface area contributed by atoms with Crippen molar-refractivity contribution >= 4 is 6.41 Å². The average Bonchev–Trinajstić information content (AvgIpc) is 3.17. The minimum absolute atomic E-state index is 0.198. The highest BCUT2D eigenvalue weighted by Gasteiger charge is 2.34. The van der Waals surface area contributed by atoms with Gasteiger partial charge in [-0.05, 0) is 32.4 Å². The predicted octanol–water partition coefficient (Wildman–Crippen LogP) is 2.57. The normalized spacial score (nSPS) is 16.1. The minimum Gasteiger partial charge on any atom is -0.495 e. The van der Waals surface area contributed by atoms with Gasteiger partial charge in [0, 0.05) is 36.1 Å². The zero-order valence-electron chi connectivity index (χ0n) is 15.6. The predicted molar refractivity (Wildman–Crippen MR) is 96.4 cm³/mol. The number of halogens is 3. The van der Waals surface area contributed by atoms with Crippen LogP contribution in [0.15, 0.2) is 24.7 Å². The number of hydrogen-bond donors (Lipinski definition) is 2. The smallest absolute Gasteiger partial charge is 0.451 e. The summed E-state index contributed by atoms with van der Waals surface area (Å²) in [4.78, 5) is 21.0. The van der Waals surface area contributed by atoms with Crippen LogP contribution in [0, 0.1) is 0 Å². The Balaban J connectivity index is 0.000000397. The second kappa shape index (κ2) is 9.98. The quantitative estimate of drug-likeness (QED) is 0.754. The maximum atomic E-state index is 12.4. The fourth-order valence-electron chi connectivity index (χ4n) is 2.58. The van der Waals surface area contributed by atoms with Crippen molar-refractivity contribution in [3.05, 3.63) is 36.0 Å². The van der Waals surface area contributed by atoms with Crippen molar-refractivity contribution in [3.63, 3.8) is 0 Å². The van der Waals surface area contributed by atoms with E-state index in [1.54, 1.807) is 6.07 Å². The number of hydrogen-bond acceptors (Lipinski definition) is 6. The minimum atomic E-state index is -4.59. The molecule has 152 valence electrons. The van der Waals surface area contributed by atoms with Crippen LogP contribution in [-0.4, -0.2) is 41.1 Å². The molecule has 1 saturated heterocycles. The molecule has 2 aromatic rings. The number of amides is 1. The molecule has 2 aromatic heterocycles. The number of pyridine rings is 1. The fraction of sp³-hybridized carbons (Fsp3) is 0.444. The van der Waals surface area contributed by atoms with Crippen molar-refractivity contribution < 1.29 is 22.7 Å². The van der Waals surface area contributed by atoms with E-state index in [2.05, 4.69) is 32.5 Å². The van der Waals surface area contributed by atoms with Gasteiger partial charge in [0.05, 0.1) is 19.0 Å². The van der Waals surface area contributed by atoms with Crippen molar-refractivity contribution in [3.8, 4) is 17.0 Å². The molecule has 28 heavy (non-hydrogen) atoms. The second-order valence-corrected chi connectivity index (χ2v) is 6.17. The van der Waals surface area contributed by atoms with Gasteiger partial charge in [0.25, 0.3) is 0 Å². The highest BCUT2D eigenvalue weighted by molar-refractivity contribution is 5.59. The van der Waals surface area contributed by atoms with E-state index in [9.17, 15) is 18.0 Å². The first-order valence-electron chi connectivity index (χ1n) is 8.68. The zero-order chi connectivity index (χ0) is 20.6. The Hall–Kier alpha value is -2.75. The molecule has 0 saturated carbocycles. The lowest BCUT2D eigenvalue weighted by molar-refractivity contribution is -0.145. The molecule has 7 nitrogen and oxygen atoms in total. The third-order valence-corrected chi connectivity index (χ3v) is 4.05. The molecule has 1 unspecified atom stereocenters. The van der Waals surface area contributed by atoms with Crippen molar-refractivity contribution in [2.45, 2.75) is 38.5 Å². The van der Waals surface area contributed by atoms with Gasteiger partial charge in [-0.15, -0.1) is 0 Å². The SMILES string of the molecule is CC1CCCN1.COc1cnc(-c2cnc(C(F)(F)F)nc2)cc1CNC=O. The number of methoxy groups -OCH3 is 1. The lowest BCUT2D eigenvalue weighted by Gasteiger charge is -2.10. The first kappa shape index (κ1) is 21.5. The van der Waals surface area contributed by atoms with E-state index in [0.29, 0.717) is 29.0 Å². The summed E-state index contributed by atoms with van der Waals surface area (Å²) in [7, 11) is 1.45. The molecule has 1 aliphatic rings. The van der Waals surface area contributed by atoms with Crippen molar-refractivity contribution in [2.75, 3.05) is 13.7 Å². The molecule has 0 radical (unpaired) electrons. The zero-order valence-corrected chi connectivity index (χ0v) is 15.6. The van der Waals surface area contributed by atoms with Crippen LogP contribution in [0.25, 0.3) is 11.3 Å². The molecule has 0 aromatic carbocycles. The number of nitrogens with one attached hydrogen (secondary N) is 2. The van der Waals surface area contributed by atoms with Crippen molar-refractivity contribution in [2.24, 2.45) is 0 Å². The van der Waals surface area contributed by atoms with Gasteiger partial charge in [-0.25, -0.2) is 9.97 Å². The standard InChI is InChI=1S/C13H11F3N4O2.C5H11N/c1-22-11-6-18-10(2-8(11)3-17-7-21)9-4-19-12(20-5-9)13(14,15)16;1-5-3-2-4-6-5/h2,4-7H,3H2,1H3,(H,17,21);5-6H,2-4H2,1H3. The van der Waals surface area contributed by atoms with E-state index in [0.717, 1.165) is 18.4 Å². The topological polar surface area (TPSA) is 89.0 Å². The van der Waals surface area contributed by atoms with Crippen LogP contribution in [0.4, 0.5) is 13.2 Å². The number of nitrogens with zero attached hydrogens (tertiary/aromatic N) is 3. The summed E-state index contributed by atoms with van der Waals surface area (Å²) in [6, 6.07) is 2.38. The van der Waals surface area contributed by atoms with E-state index >= 15 is 0 Å². The summed E-state index contributed by atoms with van der Waals surface area (Å²) in [5.74, 6) is -0.765. The molecule has 1 amide bonds. The Labute approximate surface area is 160 Å². The summed E-state index contributed by atoms with van der Waals surface area (Å²) < 4.78 is 42.4. The van der Waals surface area contributed by atoms with E-state index < -0.39 is 12.0 Å². The summed E-state index contributed by atoms with van der Waals surface area (Å²) >= 11 is 0. The molecule has 3 heterocycles. The summed E-state index contributed by atoms with van der Waals surface area (Å²) in [5, 5.41) is 5.80. The molecule has 2 N–H and O–H groups in total. The fourth-order valence-corrected chi connectivity index (χ4v) is 2.58. The van der Waals surface area contributed by atoms with Gasteiger partial charge in [0.1, 0.15) is 5.75 Å². The van der Waals surface area contributed by atoms with Crippen LogP contribution in [0.2, 0.25) is 0 Å². The van der Waals surface area contributed by atoms with Gasteiger partial charge in [-0.3, -0.25) is 9.78 Å². The molecule has 3 rings (SSSR count). The third kappa shape index (κ3) is 6.15. The maximum Gasteiger partial charge on any atom is 0.451 e. The van der Waals surface area contributed by atoms with Gasteiger partial charge in [-0.1, -0.05) is 0 Å². The number of alkyl halides is 3. The first-order chi connectivity index (χ1) is 13.3. The van der Waals surface area contributed by atoms with Gasteiger partial charge < -0.3 is 15.4 Å². The van der Waals surface area contributed by atoms with Crippen molar-refractivity contribution in [1.29, 1.82) is 0 Å². The number of carbonyl (C=O) groups excluding carboxylic acids is 1. The van der Waals surface area contributed by atoms with E-state index in [-0.39, 0.29) is 6.54 Å². The van der Waals surface area contributed by atoms with Crippen LogP contribution in [0.5, 0.6) is 5.75 Å². The van der Waals surface area contributed by atoms with E-state index in [1.165, 1.54) is 32.7 Å². The molecule has 0 spiro atoms. The Kier molecular flexibility index (Phi) is 7.68. The average molecular weight is 397 g/mol. The van der Waals surface area contributed by atoms with Gasteiger partial charge in [0.15, 0.2) is 0 Å². The lowest BCUT2D eigenvalue weighted by Crippen LogP contribution is -2.16. The number of aromatic nitrogens is 3. The van der Waals surface area contributed by atoms with Gasteiger partial charge in [0.2, 0.25) is 12.2 Å². The van der Waals surface area contributed by atoms with Crippen LogP contribution < -0.4 is 15.4 Å². The molecule has 0 bridgehead atoms. The summed E-state index contributed by atoms with van der Waals surface area (Å²) in [6.45, 7) is 3.66. The maximum absolute atomic E-state index is 12.4. The van der Waals surface area contributed by atoms with E-state index in [4.69, 9.17) is 4.74 Å². The van der Waals surface area contributed by atoms with Crippen LogP contribution in [0.1, 0.15) is 31.2 Å². The Morgan fingerprint density at radius 1 is 1.29 bits per heavy atom. The lowest BCUT2D eigenvalue weighted by atomic mass is 10.1. The summed E-state index contributed by atoms with van der Waals surface area (Å²) in [5.41, 5.74) is 1.32. The molecular formula is C18H22F3N5O2. The third-order valence-electron chi connectivity index (χ3n) is 4.05. The number of rotatable bonds is 5. The molecule has 1 fully saturated rings. The monoisotopic (exact) mass is 397 g/mol. The van der Waals surface area contributed by atoms with Gasteiger partial charge >= 0.3 is 6.18 Å². The highest BCUT2D eigenvalue weighted by Crippen LogP contribution is 2.27. The molecule has 10 heteroatoms. The summed E-state index contributed by atoms with van der Waals surface area (Å²) in [6.07, 6.45) is 2.19. The second-order valence-electron chi connectivity index (χ2n) is 6.17. The number of ether oxygens (including phenoxy) is 1. The van der Waals surface area contributed by atoms with Crippen LogP contribution >= 0.6 is 0 Å². The van der Waals surface area contributed by atoms with Crippen molar-refractivity contribution in [1.82, 2.24) is 25.6 Å². The highest BCUT2D eigenvalue weighted by atomic mass is 19.4. The Bertz CT molecular complexity index is 763. The first-order valence-corrected chi connectivity index (χ1v) is 8.68. The molecule has 1 atom stereocenters.